The van der Waals surface area contributed by atoms with Crippen LogP contribution >= 0.6 is 0 Å². The van der Waals surface area contributed by atoms with Crippen LogP contribution in [0.3, 0.4) is 0 Å². The van der Waals surface area contributed by atoms with Crippen molar-refractivity contribution in [2.75, 3.05) is 26.8 Å². The third kappa shape index (κ3) is 4.89. The second kappa shape index (κ2) is 9.36. The van der Waals surface area contributed by atoms with E-state index in [1.165, 1.54) is 5.56 Å². The lowest BCUT2D eigenvalue weighted by Crippen LogP contribution is -2.56. The maximum Gasteiger partial charge on any atom is 0.222 e. The first-order valence-electron chi connectivity index (χ1n) is 10.2. The first kappa shape index (κ1) is 19.9. The fourth-order valence-electron chi connectivity index (χ4n) is 4.80. The van der Waals surface area contributed by atoms with Crippen LogP contribution in [0.2, 0.25) is 0 Å². The van der Waals surface area contributed by atoms with Crippen LogP contribution in [-0.4, -0.2) is 49.6 Å². The van der Waals surface area contributed by atoms with Gasteiger partial charge >= 0.3 is 0 Å². The molecular weight excluding hydrogens is 340 g/mol. The highest BCUT2D eigenvalue weighted by Gasteiger charge is 2.49. The average Bonchev–Trinajstić information content (AvgIpc) is 3.11. The van der Waals surface area contributed by atoms with Crippen LogP contribution in [0.1, 0.15) is 50.5 Å². The number of ether oxygens (including phenoxy) is 1. The third-order valence-corrected chi connectivity index (χ3v) is 6.28. The largest absolute Gasteiger partial charge is 0.383 e. The summed E-state index contributed by atoms with van der Waals surface area (Å²) < 4.78 is 5.19. The zero-order valence-electron chi connectivity index (χ0n) is 16.4. The first-order chi connectivity index (χ1) is 13.1. The lowest BCUT2D eigenvalue weighted by molar-refractivity contribution is -0.142. The summed E-state index contributed by atoms with van der Waals surface area (Å²) in [4.78, 5) is 26.8. The van der Waals surface area contributed by atoms with Gasteiger partial charge in [0.25, 0.3) is 0 Å². The smallest absolute Gasteiger partial charge is 0.222 e. The SMILES string of the molecule is COCCN1C(=O)CC[C@]2(CNC(=O)CCCc3ccccc3)CCC[C@@H]12. The van der Waals surface area contributed by atoms with Gasteiger partial charge < -0.3 is 15.0 Å². The van der Waals surface area contributed by atoms with E-state index in [2.05, 4.69) is 17.4 Å². The molecule has 148 valence electrons. The number of piperidine rings is 1. The van der Waals surface area contributed by atoms with Crippen LogP contribution in [0.4, 0.5) is 0 Å². The Morgan fingerprint density at radius 2 is 2.11 bits per heavy atom. The van der Waals surface area contributed by atoms with Crippen molar-refractivity contribution < 1.29 is 14.3 Å². The molecule has 0 radical (unpaired) electrons. The summed E-state index contributed by atoms with van der Waals surface area (Å²) in [5.41, 5.74) is 1.33. The van der Waals surface area contributed by atoms with Gasteiger partial charge in [-0.15, -0.1) is 0 Å². The minimum atomic E-state index is 0.0523. The maximum absolute atomic E-state index is 12.4. The quantitative estimate of drug-likeness (QED) is 0.725. The normalized spacial score (nSPS) is 24.7. The van der Waals surface area contributed by atoms with Crippen molar-refractivity contribution in [2.45, 2.75) is 57.4 Å². The van der Waals surface area contributed by atoms with Crippen LogP contribution in [0.25, 0.3) is 0 Å². The predicted octanol–water partition coefficient (Wildman–Crippen LogP) is 2.93. The van der Waals surface area contributed by atoms with Gasteiger partial charge in [0, 0.05) is 44.5 Å². The topological polar surface area (TPSA) is 58.6 Å². The number of likely N-dealkylation sites (tertiary alicyclic amines) is 1. The molecule has 5 heteroatoms. The molecule has 1 N–H and O–H groups in total. The van der Waals surface area contributed by atoms with Crippen molar-refractivity contribution >= 4 is 11.8 Å². The van der Waals surface area contributed by atoms with Gasteiger partial charge in [0.1, 0.15) is 0 Å². The van der Waals surface area contributed by atoms with Crippen molar-refractivity contribution in [3.63, 3.8) is 0 Å². The van der Waals surface area contributed by atoms with Crippen molar-refractivity contribution in [1.82, 2.24) is 10.2 Å². The van der Waals surface area contributed by atoms with E-state index < -0.39 is 0 Å². The minimum Gasteiger partial charge on any atom is -0.383 e. The molecule has 1 aliphatic carbocycles. The molecule has 0 spiro atoms. The Kier molecular flexibility index (Phi) is 6.89. The highest BCUT2D eigenvalue weighted by Crippen LogP contribution is 2.47. The molecule has 1 saturated heterocycles. The number of aryl methyl sites for hydroxylation is 1. The highest BCUT2D eigenvalue weighted by molar-refractivity contribution is 5.78. The van der Waals surface area contributed by atoms with E-state index in [9.17, 15) is 9.59 Å². The zero-order chi connectivity index (χ0) is 19.1. The molecule has 1 aromatic carbocycles. The van der Waals surface area contributed by atoms with E-state index in [0.29, 0.717) is 32.5 Å². The van der Waals surface area contributed by atoms with Gasteiger partial charge in [-0.05, 0) is 37.7 Å². The minimum absolute atomic E-state index is 0.0523. The molecule has 1 saturated carbocycles. The zero-order valence-corrected chi connectivity index (χ0v) is 16.4. The maximum atomic E-state index is 12.4. The molecule has 0 aromatic heterocycles. The molecule has 1 aromatic rings. The Bertz CT molecular complexity index is 634. The van der Waals surface area contributed by atoms with Crippen molar-refractivity contribution in [1.29, 1.82) is 0 Å². The molecule has 0 unspecified atom stereocenters. The summed E-state index contributed by atoms with van der Waals surface area (Å²) in [7, 11) is 1.67. The number of carbonyl (C=O) groups excluding carboxylic acids is 2. The number of benzene rings is 1. The Labute approximate surface area is 162 Å². The van der Waals surface area contributed by atoms with Crippen LogP contribution < -0.4 is 5.32 Å². The molecule has 2 aliphatic rings. The van der Waals surface area contributed by atoms with Gasteiger partial charge in [-0.1, -0.05) is 36.8 Å². The fourth-order valence-corrected chi connectivity index (χ4v) is 4.80. The van der Waals surface area contributed by atoms with Gasteiger partial charge in [0.15, 0.2) is 0 Å². The van der Waals surface area contributed by atoms with Crippen molar-refractivity contribution in [2.24, 2.45) is 5.41 Å². The van der Waals surface area contributed by atoms with E-state index in [1.54, 1.807) is 7.11 Å². The standard InChI is InChI=1S/C22H32N2O3/c1-27-16-15-24-19-10-6-13-22(19,14-12-21(24)26)17-23-20(25)11-5-9-18-7-3-2-4-8-18/h2-4,7-8,19H,5-6,9-17H2,1H3,(H,23,25)/t19-,22+/m1/s1. The summed E-state index contributed by atoms with van der Waals surface area (Å²) in [6, 6.07) is 10.5. The third-order valence-electron chi connectivity index (χ3n) is 6.28. The van der Waals surface area contributed by atoms with Gasteiger partial charge in [0.2, 0.25) is 11.8 Å². The molecule has 3 rings (SSSR count). The Morgan fingerprint density at radius 3 is 2.89 bits per heavy atom. The predicted molar refractivity (Wildman–Crippen MR) is 105 cm³/mol. The molecule has 1 heterocycles. The number of carbonyl (C=O) groups is 2. The summed E-state index contributed by atoms with van der Waals surface area (Å²) >= 11 is 0. The molecule has 2 fully saturated rings. The number of rotatable bonds is 9. The lowest BCUT2D eigenvalue weighted by atomic mass is 9.74. The van der Waals surface area contributed by atoms with Crippen LogP contribution in [-0.2, 0) is 20.7 Å². The first-order valence-corrected chi connectivity index (χ1v) is 10.2. The number of nitrogens with one attached hydrogen (secondary N) is 1. The van der Waals surface area contributed by atoms with Gasteiger partial charge in [-0.2, -0.15) is 0 Å². The molecule has 1 aliphatic heterocycles. The number of methoxy groups -OCH3 is 1. The van der Waals surface area contributed by atoms with Gasteiger partial charge in [-0.3, -0.25) is 9.59 Å². The summed E-state index contributed by atoms with van der Waals surface area (Å²) in [6.07, 6.45) is 7.10. The second-order valence-corrected chi connectivity index (χ2v) is 7.97. The van der Waals surface area contributed by atoms with E-state index >= 15 is 0 Å². The number of amides is 2. The molecule has 2 amide bonds. The Balaban J connectivity index is 1.49. The molecule has 27 heavy (non-hydrogen) atoms. The molecular formula is C22H32N2O3. The van der Waals surface area contributed by atoms with Crippen molar-refractivity contribution in [3.05, 3.63) is 35.9 Å². The molecule has 5 nitrogen and oxygen atoms in total. The number of fused-ring (bicyclic) bond motifs is 1. The highest BCUT2D eigenvalue weighted by atomic mass is 16.5. The fraction of sp³-hybridized carbons (Fsp3) is 0.636. The van der Waals surface area contributed by atoms with E-state index in [1.807, 2.05) is 23.1 Å². The van der Waals surface area contributed by atoms with Crippen LogP contribution in [0.5, 0.6) is 0 Å². The van der Waals surface area contributed by atoms with E-state index in [-0.39, 0.29) is 23.3 Å². The summed E-state index contributed by atoms with van der Waals surface area (Å²) in [5, 5.41) is 3.18. The average molecular weight is 373 g/mol. The van der Waals surface area contributed by atoms with Crippen LogP contribution in [0, 0.1) is 5.41 Å². The number of nitrogens with zero attached hydrogens (tertiary/aromatic N) is 1. The Hall–Kier alpha value is -1.88. The summed E-state index contributed by atoms with van der Waals surface area (Å²) in [5.74, 6) is 0.370. The second-order valence-electron chi connectivity index (χ2n) is 7.97. The molecule has 0 bridgehead atoms. The lowest BCUT2D eigenvalue weighted by Gasteiger charge is -2.46. The van der Waals surface area contributed by atoms with Gasteiger partial charge in [-0.25, -0.2) is 0 Å². The van der Waals surface area contributed by atoms with E-state index in [0.717, 1.165) is 38.5 Å². The Morgan fingerprint density at radius 1 is 1.30 bits per heavy atom. The number of hydrogen-bond acceptors (Lipinski definition) is 3. The molecule has 2 atom stereocenters. The number of hydrogen-bond donors (Lipinski definition) is 1. The van der Waals surface area contributed by atoms with Crippen molar-refractivity contribution in [3.8, 4) is 0 Å². The van der Waals surface area contributed by atoms with E-state index in [4.69, 9.17) is 4.74 Å². The van der Waals surface area contributed by atoms with Gasteiger partial charge in [0.05, 0.1) is 6.61 Å². The van der Waals surface area contributed by atoms with Crippen LogP contribution in [0.15, 0.2) is 30.3 Å². The monoisotopic (exact) mass is 372 g/mol. The summed E-state index contributed by atoms with van der Waals surface area (Å²) in [6.45, 7) is 1.93.